The first-order chi connectivity index (χ1) is 8.80. The normalized spacial score (nSPS) is 23.4. The maximum absolute atomic E-state index is 13.1. The summed E-state index contributed by atoms with van der Waals surface area (Å²) in [5.41, 5.74) is 0. The molecular formula is C12H14BrF2NO2S. The van der Waals surface area contributed by atoms with E-state index < -0.39 is 21.7 Å². The molecule has 0 aromatic heterocycles. The van der Waals surface area contributed by atoms with Gasteiger partial charge in [-0.3, -0.25) is 0 Å². The highest BCUT2D eigenvalue weighted by molar-refractivity contribution is 9.09. The van der Waals surface area contributed by atoms with E-state index in [9.17, 15) is 17.2 Å². The molecule has 106 valence electrons. The Kier molecular flexibility index (Phi) is 4.27. The molecule has 1 fully saturated rings. The fraction of sp³-hybridized carbons (Fsp3) is 0.500. The van der Waals surface area contributed by atoms with E-state index in [2.05, 4.69) is 15.9 Å². The van der Waals surface area contributed by atoms with E-state index >= 15 is 0 Å². The zero-order valence-electron chi connectivity index (χ0n) is 10.3. The summed E-state index contributed by atoms with van der Waals surface area (Å²) in [5, 5.41) is 0. The van der Waals surface area contributed by atoms with Gasteiger partial charge in [0, 0.05) is 18.4 Å². The average molecular weight is 354 g/mol. The Balaban J connectivity index is 2.14. The van der Waals surface area contributed by atoms with Crippen molar-refractivity contribution in [2.45, 2.75) is 22.6 Å². The van der Waals surface area contributed by atoms with E-state index in [4.69, 9.17) is 0 Å². The van der Waals surface area contributed by atoms with Gasteiger partial charge in [-0.25, -0.2) is 21.5 Å². The molecule has 1 aromatic rings. The molecule has 0 amide bonds. The van der Waals surface area contributed by atoms with E-state index in [0.29, 0.717) is 17.3 Å². The Morgan fingerprint density at radius 2 is 1.95 bits per heavy atom. The molecule has 7 heteroatoms. The van der Waals surface area contributed by atoms with Crippen LogP contribution in [0.3, 0.4) is 0 Å². The number of rotatable bonds is 4. The van der Waals surface area contributed by atoms with E-state index in [0.717, 1.165) is 31.0 Å². The highest BCUT2D eigenvalue weighted by Gasteiger charge is 2.31. The van der Waals surface area contributed by atoms with Gasteiger partial charge in [-0.15, -0.1) is 0 Å². The minimum absolute atomic E-state index is 0.219. The second-order valence-electron chi connectivity index (χ2n) is 4.80. The van der Waals surface area contributed by atoms with Crippen LogP contribution in [0.2, 0.25) is 0 Å². The third kappa shape index (κ3) is 3.14. The van der Waals surface area contributed by atoms with Gasteiger partial charge in [-0.1, -0.05) is 15.9 Å². The Bertz CT molecular complexity index is 573. The van der Waals surface area contributed by atoms with Gasteiger partial charge in [0.25, 0.3) is 0 Å². The zero-order valence-corrected chi connectivity index (χ0v) is 12.7. The Morgan fingerprint density at radius 1 is 1.32 bits per heavy atom. The van der Waals surface area contributed by atoms with Crippen molar-refractivity contribution in [1.82, 2.24) is 4.31 Å². The number of benzene rings is 1. The lowest BCUT2D eigenvalue weighted by Gasteiger charge is -2.34. The van der Waals surface area contributed by atoms with E-state index in [1.807, 2.05) is 0 Å². The Labute approximate surface area is 119 Å². The fourth-order valence-corrected chi connectivity index (χ4v) is 4.40. The molecule has 2 rings (SSSR count). The summed E-state index contributed by atoms with van der Waals surface area (Å²) in [6.45, 7) is 0.392. The van der Waals surface area contributed by atoms with Gasteiger partial charge >= 0.3 is 0 Å². The van der Waals surface area contributed by atoms with Crippen LogP contribution in [0.4, 0.5) is 8.78 Å². The summed E-state index contributed by atoms with van der Waals surface area (Å²) in [7, 11) is -2.30. The van der Waals surface area contributed by atoms with Crippen LogP contribution >= 0.6 is 15.9 Å². The molecule has 0 spiro atoms. The number of hydrogen-bond donors (Lipinski definition) is 0. The summed E-state index contributed by atoms with van der Waals surface area (Å²) in [6.07, 6.45) is 1.86. The lowest BCUT2D eigenvalue weighted by atomic mass is 9.85. The molecule has 0 saturated heterocycles. The first-order valence-corrected chi connectivity index (χ1v) is 8.21. The lowest BCUT2D eigenvalue weighted by Crippen LogP contribution is -2.37. The van der Waals surface area contributed by atoms with Crippen LogP contribution in [0.15, 0.2) is 23.1 Å². The van der Waals surface area contributed by atoms with Gasteiger partial charge in [0.1, 0.15) is 0 Å². The largest absolute Gasteiger partial charge is 0.242 e. The second-order valence-corrected chi connectivity index (χ2v) is 8.14. The van der Waals surface area contributed by atoms with Crippen molar-refractivity contribution in [1.29, 1.82) is 0 Å². The zero-order chi connectivity index (χ0) is 14.2. The maximum Gasteiger partial charge on any atom is 0.242 e. The van der Waals surface area contributed by atoms with Crippen LogP contribution < -0.4 is 0 Å². The van der Waals surface area contributed by atoms with E-state index in [1.165, 1.54) is 11.4 Å². The molecule has 3 nitrogen and oxygen atoms in total. The highest BCUT2D eigenvalue weighted by atomic mass is 79.9. The number of hydrogen-bond acceptors (Lipinski definition) is 2. The molecule has 0 bridgehead atoms. The third-order valence-electron chi connectivity index (χ3n) is 3.29. The number of nitrogens with zero attached hydrogens (tertiary/aromatic N) is 1. The standard InChI is InChI=1S/C12H14BrF2NO2S/c1-16(7-8-4-9(13)5-8)19(17,18)10-2-3-11(14)12(15)6-10/h2-3,6,8-9H,4-5,7H2,1H3. The molecule has 1 aromatic carbocycles. The molecular weight excluding hydrogens is 340 g/mol. The van der Waals surface area contributed by atoms with E-state index in [1.54, 1.807) is 0 Å². The predicted molar refractivity (Wildman–Crippen MR) is 71.6 cm³/mol. The molecule has 0 N–H and O–H groups in total. The van der Waals surface area contributed by atoms with Crippen molar-refractivity contribution in [3.63, 3.8) is 0 Å². The van der Waals surface area contributed by atoms with Crippen LogP contribution in [0.1, 0.15) is 12.8 Å². The van der Waals surface area contributed by atoms with Crippen LogP contribution in [0, 0.1) is 17.6 Å². The Morgan fingerprint density at radius 3 is 2.47 bits per heavy atom. The maximum atomic E-state index is 13.1. The predicted octanol–water partition coefficient (Wildman–Crippen LogP) is 2.76. The summed E-state index contributed by atoms with van der Waals surface area (Å²) in [4.78, 5) is 0.237. The molecule has 0 heterocycles. The SMILES string of the molecule is CN(CC1CC(Br)C1)S(=O)(=O)c1ccc(F)c(F)c1. The van der Waals surface area contributed by atoms with Gasteiger partial charge in [-0.05, 0) is 37.0 Å². The van der Waals surface area contributed by atoms with Crippen molar-refractivity contribution in [2.75, 3.05) is 13.6 Å². The second kappa shape index (κ2) is 5.46. The summed E-state index contributed by atoms with van der Waals surface area (Å²) >= 11 is 3.44. The monoisotopic (exact) mass is 353 g/mol. The first-order valence-electron chi connectivity index (χ1n) is 5.86. The molecule has 0 unspecified atom stereocenters. The van der Waals surface area contributed by atoms with Gasteiger partial charge in [0.15, 0.2) is 11.6 Å². The lowest BCUT2D eigenvalue weighted by molar-refractivity contribution is 0.275. The summed E-state index contributed by atoms with van der Waals surface area (Å²) in [6, 6.07) is 2.63. The van der Waals surface area contributed by atoms with Crippen LogP contribution in [0.5, 0.6) is 0 Å². The van der Waals surface area contributed by atoms with Gasteiger partial charge < -0.3 is 0 Å². The highest BCUT2D eigenvalue weighted by Crippen LogP contribution is 2.34. The molecule has 0 radical (unpaired) electrons. The summed E-state index contributed by atoms with van der Waals surface area (Å²) in [5.74, 6) is -1.89. The average Bonchev–Trinajstić information content (AvgIpc) is 2.30. The molecule has 0 aliphatic heterocycles. The minimum Gasteiger partial charge on any atom is -0.207 e. The fourth-order valence-electron chi connectivity index (χ4n) is 2.08. The quantitative estimate of drug-likeness (QED) is 0.780. The van der Waals surface area contributed by atoms with Crippen LogP contribution in [-0.4, -0.2) is 31.1 Å². The van der Waals surface area contributed by atoms with Gasteiger partial charge in [-0.2, -0.15) is 0 Å². The molecule has 1 aliphatic rings. The number of halogens is 3. The van der Waals surface area contributed by atoms with Crippen molar-refractivity contribution in [3.8, 4) is 0 Å². The molecule has 1 saturated carbocycles. The van der Waals surface area contributed by atoms with Gasteiger partial charge in [0.05, 0.1) is 4.90 Å². The molecule has 19 heavy (non-hydrogen) atoms. The van der Waals surface area contributed by atoms with Crippen molar-refractivity contribution < 1.29 is 17.2 Å². The first kappa shape index (κ1) is 14.9. The van der Waals surface area contributed by atoms with E-state index in [-0.39, 0.29) is 4.90 Å². The summed E-state index contributed by atoms with van der Waals surface area (Å²) < 4.78 is 51.5. The molecule has 1 aliphatic carbocycles. The van der Waals surface area contributed by atoms with Gasteiger partial charge in [0.2, 0.25) is 10.0 Å². The third-order valence-corrected chi connectivity index (χ3v) is 5.86. The Hall–Kier alpha value is -0.530. The van der Waals surface area contributed by atoms with Crippen LogP contribution in [-0.2, 0) is 10.0 Å². The number of sulfonamides is 1. The van der Waals surface area contributed by atoms with Crippen molar-refractivity contribution >= 4 is 26.0 Å². The van der Waals surface area contributed by atoms with Crippen molar-refractivity contribution in [3.05, 3.63) is 29.8 Å². The van der Waals surface area contributed by atoms with Crippen molar-refractivity contribution in [2.24, 2.45) is 5.92 Å². The molecule has 0 atom stereocenters. The minimum atomic E-state index is -3.76. The van der Waals surface area contributed by atoms with Crippen LogP contribution in [0.25, 0.3) is 0 Å². The number of alkyl halides is 1. The smallest absolute Gasteiger partial charge is 0.207 e. The topological polar surface area (TPSA) is 37.4 Å².